The van der Waals surface area contributed by atoms with Crippen molar-refractivity contribution in [3.63, 3.8) is 0 Å². The zero-order valence-corrected chi connectivity index (χ0v) is 10.8. The van der Waals surface area contributed by atoms with E-state index in [1.54, 1.807) is 19.1 Å². The number of phenols is 1. The third-order valence-corrected chi connectivity index (χ3v) is 2.45. The van der Waals surface area contributed by atoms with Gasteiger partial charge in [-0.1, -0.05) is 0 Å². The van der Waals surface area contributed by atoms with Gasteiger partial charge in [0.2, 0.25) is 0 Å². The molecule has 0 amide bonds. The molecule has 0 aliphatic rings. The minimum atomic E-state index is -0.643. The maximum atomic E-state index is 11.6. The molecule has 0 saturated heterocycles. The van der Waals surface area contributed by atoms with Crippen LogP contribution < -0.4 is 5.32 Å². The Bertz CT molecular complexity index is 494. The zero-order valence-electron chi connectivity index (χ0n) is 9.92. The van der Waals surface area contributed by atoms with Crippen LogP contribution in [0.2, 0.25) is 0 Å². The molecular formula is C12H14NO4P. The second kappa shape index (κ2) is 7.72. The van der Waals surface area contributed by atoms with E-state index >= 15 is 0 Å². The molecule has 0 unspecified atom stereocenters. The Morgan fingerprint density at radius 1 is 1.50 bits per heavy atom. The van der Waals surface area contributed by atoms with Crippen LogP contribution in [-0.2, 0) is 20.5 Å². The van der Waals surface area contributed by atoms with E-state index in [2.05, 4.69) is 11.1 Å². The number of carbonyl (C=O) groups is 1. The second-order valence-corrected chi connectivity index (χ2v) is 3.93. The number of esters is 1. The molecule has 18 heavy (non-hydrogen) atoms. The van der Waals surface area contributed by atoms with Crippen molar-refractivity contribution in [1.29, 1.82) is 0 Å². The van der Waals surface area contributed by atoms with Crippen LogP contribution in [0.1, 0.15) is 12.5 Å². The summed E-state index contributed by atoms with van der Waals surface area (Å²) in [6.07, 6.45) is 0.363. The summed E-state index contributed by atoms with van der Waals surface area (Å²) >= 11 is 0. The van der Waals surface area contributed by atoms with Crippen molar-refractivity contribution in [2.24, 2.45) is 0 Å². The summed E-state index contributed by atoms with van der Waals surface area (Å²) in [6.45, 7) is 2.00. The molecule has 1 rings (SSSR count). The van der Waals surface area contributed by atoms with E-state index in [1.807, 2.05) is 0 Å². The average Bonchev–Trinajstić information content (AvgIpc) is 2.37. The molecule has 0 radical (unpaired) electrons. The number of aromatic hydroxyl groups is 1. The molecule has 0 spiro atoms. The third kappa shape index (κ3) is 4.76. The van der Waals surface area contributed by atoms with Crippen LogP contribution >= 0.6 is 7.92 Å². The van der Waals surface area contributed by atoms with Gasteiger partial charge in [-0.2, -0.15) is 0 Å². The molecule has 0 aliphatic carbocycles. The second-order valence-electron chi connectivity index (χ2n) is 3.52. The van der Waals surface area contributed by atoms with Gasteiger partial charge in [0.05, 0.1) is 0 Å². The Hall–Kier alpha value is -1.54. The summed E-state index contributed by atoms with van der Waals surface area (Å²) in [6, 6.07) is 5.85. The predicted octanol–water partition coefficient (Wildman–Crippen LogP) is 1.66. The van der Waals surface area contributed by atoms with Crippen molar-refractivity contribution in [2.45, 2.75) is 19.4 Å². The monoisotopic (exact) mass is 267 g/mol. The molecule has 1 atom stereocenters. The number of carbonyl (C=O) groups excluding carboxylic acids is 1. The van der Waals surface area contributed by atoms with Gasteiger partial charge in [0.1, 0.15) is 0 Å². The first-order valence-electron chi connectivity index (χ1n) is 5.44. The Morgan fingerprint density at radius 3 is 2.72 bits per heavy atom. The van der Waals surface area contributed by atoms with Crippen molar-refractivity contribution in [3.8, 4) is 11.5 Å². The zero-order chi connectivity index (χ0) is 13.4. The quantitative estimate of drug-likeness (QED) is 0.482. The van der Waals surface area contributed by atoms with Gasteiger partial charge in [-0.3, -0.25) is 0 Å². The minimum absolute atomic E-state index is 0.163. The van der Waals surface area contributed by atoms with Crippen molar-refractivity contribution in [2.75, 3.05) is 6.61 Å². The normalized spacial score (nSPS) is 11.4. The molecule has 96 valence electrons. The van der Waals surface area contributed by atoms with Gasteiger partial charge in [-0.05, 0) is 0 Å². The number of benzene rings is 1. The summed E-state index contributed by atoms with van der Waals surface area (Å²) < 4.78 is 15.2. The van der Waals surface area contributed by atoms with Gasteiger partial charge < -0.3 is 0 Å². The van der Waals surface area contributed by atoms with Crippen LogP contribution in [0.4, 0.5) is 0 Å². The van der Waals surface area contributed by atoms with E-state index in [0.29, 0.717) is 6.42 Å². The van der Waals surface area contributed by atoms with E-state index in [0.717, 1.165) is 5.56 Å². The Balaban J connectivity index is 2.75. The van der Waals surface area contributed by atoms with Crippen LogP contribution in [-0.4, -0.2) is 23.7 Å². The maximum absolute atomic E-state index is 11.6. The van der Waals surface area contributed by atoms with Crippen LogP contribution in [0.25, 0.3) is 0 Å². The van der Waals surface area contributed by atoms with Gasteiger partial charge in [-0.15, -0.1) is 0 Å². The molecule has 6 heteroatoms. The Labute approximate surface area is 106 Å². The van der Waals surface area contributed by atoms with Crippen molar-refractivity contribution in [1.82, 2.24) is 5.32 Å². The van der Waals surface area contributed by atoms with Gasteiger partial charge in [0, 0.05) is 0 Å². The summed E-state index contributed by atoms with van der Waals surface area (Å²) in [7, 11) is -0.318. The standard InChI is InChI=1S/C12H14NO4P/c1-2-17-12(15)11(13-8-18-16)7-9-3-5-10(14)6-4-9/h3-6,11,13-14H,2,7H2,1H3/t11-/m0/s1. The number of nitrogens with one attached hydrogen (secondary N) is 1. The Kier molecular flexibility index (Phi) is 6.23. The predicted molar refractivity (Wildman–Crippen MR) is 66.9 cm³/mol. The molecular weight excluding hydrogens is 253 g/mol. The van der Waals surface area contributed by atoms with Crippen LogP contribution in [0.5, 0.6) is 5.75 Å². The van der Waals surface area contributed by atoms with E-state index in [4.69, 9.17) is 9.84 Å². The van der Waals surface area contributed by atoms with Crippen molar-refractivity contribution >= 4 is 13.9 Å². The fraction of sp³-hybridized carbons (Fsp3) is 0.333. The number of hydrogen-bond donors (Lipinski definition) is 2. The van der Waals surface area contributed by atoms with Crippen LogP contribution in [0, 0.1) is 5.75 Å². The molecule has 0 fully saturated rings. The molecule has 0 saturated carbocycles. The first-order valence-corrected chi connectivity index (χ1v) is 6.26. The van der Waals surface area contributed by atoms with Gasteiger partial charge >= 0.3 is 106 Å². The molecule has 0 aromatic heterocycles. The van der Waals surface area contributed by atoms with E-state index in [1.165, 1.54) is 12.1 Å². The van der Waals surface area contributed by atoms with E-state index < -0.39 is 12.0 Å². The average molecular weight is 267 g/mol. The van der Waals surface area contributed by atoms with E-state index in [9.17, 15) is 9.36 Å². The fourth-order valence-electron chi connectivity index (χ4n) is 1.41. The number of hydrogen-bond acceptors (Lipinski definition) is 5. The summed E-state index contributed by atoms with van der Waals surface area (Å²) in [5, 5.41) is 11.8. The molecule has 0 aliphatic heterocycles. The number of ether oxygens (including phenoxy) is 1. The topological polar surface area (TPSA) is 75.6 Å². The van der Waals surface area contributed by atoms with Crippen molar-refractivity contribution < 1.29 is 19.2 Å². The van der Waals surface area contributed by atoms with Gasteiger partial charge in [-0.25, -0.2) is 0 Å². The first-order chi connectivity index (χ1) is 8.67. The number of phenolic OH excluding ortho intramolecular Hbond substituents is 1. The molecule has 1 aromatic carbocycles. The fourth-order valence-corrected chi connectivity index (χ4v) is 1.62. The van der Waals surface area contributed by atoms with Gasteiger partial charge in [0.25, 0.3) is 0 Å². The Morgan fingerprint density at radius 2 is 2.17 bits per heavy atom. The van der Waals surface area contributed by atoms with Crippen LogP contribution in [0.3, 0.4) is 0 Å². The SMILES string of the molecule is CCOC(=O)[C@H](Cc1ccc(O)cc1)NC#P=O. The molecule has 1 aromatic rings. The van der Waals surface area contributed by atoms with Gasteiger partial charge in [0.15, 0.2) is 0 Å². The molecule has 2 N–H and O–H groups in total. The van der Waals surface area contributed by atoms with E-state index in [-0.39, 0.29) is 20.3 Å². The third-order valence-electron chi connectivity index (χ3n) is 2.23. The number of rotatable bonds is 5. The van der Waals surface area contributed by atoms with Crippen molar-refractivity contribution in [3.05, 3.63) is 29.8 Å². The summed E-state index contributed by atoms with van der Waals surface area (Å²) in [4.78, 5) is 11.6. The first kappa shape index (κ1) is 14.5. The summed E-state index contributed by atoms with van der Waals surface area (Å²) in [5.41, 5.74) is 0.850. The summed E-state index contributed by atoms with van der Waals surface area (Å²) in [5.74, 6) is 2.07. The molecule has 5 nitrogen and oxygen atoms in total. The molecule has 0 bridgehead atoms. The molecule has 0 heterocycles. The van der Waals surface area contributed by atoms with Crippen LogP contribution in [0.15, 0.2) is 24.3 Å².